The number of nitrogens with zero attached hydrogens (tertiary/aromatic N) is 3. The number of H-pyrrole nitrogens is 1. The average molecular weight is 321 g/mol. The molecule has 0 bridgehead atoms. The molecule has 24 heavy (non-hydrogen) atoms. The number of benzene rings is 1. The molecule has 1 amide bonds. The van der Waals surface area contributed by atoms with Crippen LogP contribution in [-0.2, 0) is 0 Å². The van der Waals surface area contributed by atoms with Gasteiger partial charge >= 0.3 is 0 Å². The smallest absolute Gasteiger partial charge is 0.256 e. The van der Waals surface area contributed by atoms with Gasteiger partial charge in [0, 0.05) is 36.4 Å². The molecule has 1 saturated heterocycles. The Labute approximate surface area is 139 Å². The maximum absolute atomic E-state index is 12.5. The van der Waals surface area contributed by atoms with Gasteiger partial charge < -0.3 is 15.2 Å². The van der Waals surface area contributed by atoms with Crippen molar-refractivity contribution in [3.8, 4) is 0 Å². The molecule has 3 aromatic rings. The number of carbonyl (C=O) groups excluding carboxylic acids is 1. The normalized spacial score (nSPS) is 14.8. The van der Waals surface area contributed by atoms with Crippen molar-refractivity contribution in [1.82, 2.24) is 15.0 Å². The molecule has 0 spiro atoms. The lowest BCUT2D eigenvalue weighted by Crippen LogP contribution is -2.30. The van der Waals surface area contributed by atoms with Crippen LogP contribution in [0, 0.1) is 0 Å². The Kier molecular flexibility index (Phi) is 3.86. The zero-order chi connectivity index (χ0) is 16.4. The van der Waals surface area contributed by atoms with E-state index in [9.17, 15) is 4.79 Å². The molecule has 122 valence electrons. The summed E-state index contributed by atoms with van der Waals surface area (Å²) in [5.74, 6) is 1.23. The second kappa shape index (κ2) is 6.31. The van der Waals surface area contributed by atoms with Gasteiger partial charge in [0.15, 0.2) is 0 Å². The van der Waals surface area contributed by atoms with Gasteiger partial charge in [-0.2, -0.15) is 0 Å². The van der Waals surface area contributed by atoms with Crippen LogP contribution >= 0.6 is 0 Å². The maximum Gasteiger partial charge on any atom is 0.256 e. The summed E-state index contributed by atoms with van der Waals surface area (Å²) in [6.07, 6.45) is 7.01. The summed E-state index contributed by atoms with van der Waals surface area (Å²) >= 11 is 0. The van der Waals surface area contributed by atoms with E-state index in [2.05, 4.69) is 25.2 Å². The van der Waals surface area contributed by atoms with Gasteiger partial charge in [-0.15, -0.1) is 0 Å². The highest BCUT2D eigenvalue weighted by Gasteiger charge is 2.14. The number of piperidine rings is 1. The first kappa shape index (κ1) is 14.7. The molecule has 0 radical (unpaired) electrons. The first-order chi connectivity index (χ1) is 11.8. The van der Waals surface area contributed by atoms with Crippen molar-refractivity contribution in [3.05, 3.63) is 48.4 Å². The average Bonchev–Trinajstić information content (AvgIpc) is 3.10. The lowest BCUT2D eigenvalue weighted by Gasteiger charge is -2.27. The number of hydrogen-bond donors (Lipinski definition) is 2. The number of fused-ring (bicyclic) bond motifs is 1. The molecule has 1 aromatic carbocycles. The largest absolute Gasteiger partial charge is 0.361 e. The van der Waals surface area contributed by atoms with Crippen molar-refractivity contribution in [2.75, 3.05) is 23.3 Å². The second-order valence-corrected chi connectivity index (χ2v) is 6.04. The van der Waals surface area contributed by atoms with Crippen molar-refractivity contribution in [3.63, 3.8) is 0 Å². The van der Waals surface area contributed by atoms with E-state index in [-0.39, 0.29) is 5.91 Å². The molecule has 0 atom stereocenters. The molecule has 2 aromatic heterocycles. The number of anilines is 2. The molecule has 1 aliphatic rings. The van der Waals surface area contributed by atoms with E-state index in [1.165, 1.54) is 25.6 Å². The summed E-state index contributed by atoms with van der Waals surface area (Å²) in [5.41, 5.74) is 1.54. The fraction of sp³-hybridized carbons (Fsp3) is 0.278. The van der Waals surface area contributed by atoms with Gasteiger partial charge in [0.1, 0.15) is 18.0 Å². The Balaban J connectivity index is 1.52. The van der Waals surface area contributed by atoms with Gasteiger partial charge in [-0.05, 0) is 42.8 Å². The standard InChI is InChI=1S/C18H19N5O/c24-18(14-5-4-13-6-7-19-15(13)10-14)22-16-11-17(21-12-20-16)23-8-2-1-3-9-23/h4-7,10-12,19H,1-3,8-9H2,(H,20,21,22,24). The summed E-state index contributed by atoms with van der Waals surface area (Å²) in [5, 5.41) is 3.95. The summed E-state index contributed by atoms with van der Waals surface area (Å²) in [7, 11) is 0. The van der Waals surface area contributed by atoms with E-state index in [1.807, 2.05) is 36.5 Å². The highest BCUT2D eigenvalue weighted by molar-refractivity contribution is 6.05. The van der Waals surface area contributed by atoms with E-state index < -0.39 is 0 Å². The lowest BCUT2D eigenvalue weighted by atomic mass is 10.1. The minimum Gasteiger partial charge on any atom is -0.361 e. The maximum atomic E-state index is 12.5. The predicted molar refractivity (Wildman–Crippen MR) is 94.3 cm³/mol. The first-order valence-electron chi connectivity index (χ1n) is 8.25. The third-order valence-electron chi connectivity index (χ3n) is 4.39. The summed E-state index contributed by atoms with van der Waals surface area (Å²) in [6.45, 7) is 2.02. The van der Waals surface area contributed by atoms with Crippen LogP contribution in [0.5, 0.6) is 0 Å². The highest BCUT2D eigenvalue weighted by atomic mass is 16.1. The summed E-state index contributed by atoms with van der Waals surface area (Å²) in [4.78, 5) is 26.3. The van der Waals surface area contributed by atoms with Crippen LogP contribution < -0.4 is 10.2 Å². The molecule has 1 aliphatic heterocycles. The molecular weight excluding hydrogens is 302 g/mol. The van der Waals surface area contributed by atoms with E-state index in [0.717, 1.165) is 29.8 Å². The third kappa shape index (κ3) is 2.95. The SMILES string of the molecule is O=C(Nc1cc(N2CCCCC2)ncn1)c1ccc2cc[nH]c2c1. The molecule has 1 fully saturated rings. The molecule has 3 heterocycles. The minimum absolute atomic E-state index is 0.171. The van der Waals surface area contributed by atoms with Crippen molar-refractivity contribution in [1.29, 1.82) is 0 Å². The molecule has 6 heteroatoms. The highest BCUT2D eigenvalue weighted by Crippen LogP contribution is 2.20. The Morgan fingerprint density at radius 3 is 2.83 bits per heavy atom. The molecular formula is C18H19N5O. The number of amides is 1. The number of aromatic nitrogens is 3. The minimum atomic E-state index is -0.171. The fourth-order valence-electron chi connectivity index (χ4n) is 3.09. The van der Waals surface area contributed by atoms with E-state index >= 15 is 0 Å². The van der Waals surface area contributed by atoms with Gasteiger partial charge in [-0.25, -0.2) is 9.97 Å². The number of hydrogen-bond acceptors (Lipinski definition) is 4. The zero-order valence-electron chi connectivity index (χ0n) is 13.3. The van der Waals surface area contributed by atoms with Crippen molar-refractivity contribution >= 4 is 28.4 Å². The van der Waals surface area contributed by atoms with Gasteiger partial charge in [-0.3, -0.25) is 4.79 Å². The quantitative estimate of drug-likeness (QED) is 0.777. The Bertz CT molecular complexity index is 866. The van der Waals surface area contributed by atoms with Crippen LogP contribution in [0.15, 0.2) is 42.9 Å². The predicted octanol–water partition coefficient (Wildman–Crippen LogP) is 3.20. The fourth-order valence-corrected chi connectivity index (χ4v) is 3.09. The summed E-state index contributed by atoms with van der Waals surface area (Å²) in [6, 6.07) is 9.41. The van der Waals surface area contributed by atoms with Gasteiger partial charge in [0.2, 0.25) is 0 Å². The molecule has 0 unspecified atom stereocenters. The van der Waals surface area contributed by atoms with Crippen LogP contribution in [-0.4, -0.2) is 33.9 Å². The van der Waals surface area contributed by atoms with Gasteiger partial charge in [-0.1, -0.05) is 6.07 Å². The molecule has 0 aliphatic carbocycles. The van der Waals surface area contributed by atoms with Crippen LogP contribution in [0.3, 0.4) is 0 Å². The van der Waals surface area contributed by atoms with Crippen molar-refractivity contribution in [2.45, 2.75) is 19.3 Å². The Hall–Kier alpha value is -2.89. The molecule has 2 N–H and O–H groups in total. The number of carbonyl (C=O) groups is 1. The van der Waals surface area contributed by atoms with Crippen molar-refractivity contribution in [2.24, 2.45) is 0 Å². The third-order valence-corrected chi connectivity index (χ3v) is 4.39. The number of rotatable bonds is 3. The first-order valence-corrected chi connectivity index (χ1v) is 8.25. The topological polar surface area (TPSA) is 73.9 Å². The molecule has 4 rings (SSSR count). The molecule has 0 saturated carbocycles. The number of nitrogens with one attached hydrogen (secondary N) is 2. The van der Waals surface area contributed by atoms with Crippen LogP contribution in [0.1, 0.15) is 29.6 Å². The van der Waals surface area contributed by atoms with Crippen LogP contribution in [0.25, 0.3) is 10.9 Å². The second-order valence-electron chi connectivity index (χ2n) is 6.04. The lowest BCUT2D eigenvalue weighted by molar-refractivity contribution is 0.102. The zero-order valence-corrected chi connectivity index (χ0v) is 13.3. The van der Waals surface area contributed by atoms with E-state index in [4.69, 9.17) is 0 Å². The number of aromatic amines is 1. The van der Waals surface area contributed by atoms with Crippen LogP contribution in [0.4, 0.5) is 11.6 Å². The Morgan fingerprint density at radius 2 is 1.96 bits per heavy atom. The van der Waals surface area contributed by atoms with Gasteiger partial charge in [0.05, 0.1) is 0 Å². The van der Waals surface area contributed by atoms with Crippen LogP contribution in [0.2, 0.25) is 0 Å². The van der Waals surface area contributed by atoms with E-state index in [1.54, 1.807) is 0 Å². The van der Waals surface area contributed by atoms with E-state index in [0.29, 0.717) is 11.4 Å². The Morgan fingerprint density at radius 1 is 1.08 bits per heavy atom. The monoisotopic (exact) mass is 321 g/mol. The van der Waals surface area contributed by atoms with Crippen molar-refractivity contribution < 1.29 is 4.79 Å². The van der Waals surface area contributed by atoms with Gasteiger partial charge in [0.25, 0.3) is 5.91 Å². The molecule has 6 nitrogen and oxygen atoms in total. The summed E-state index contributed by atoms with van der Waals surface area (Å²) < 4.78 is 0.